The Bertz CT molecular complexity index is 279. The van der Waals surface area contributed by atoms with Gasteiger partial charge in [-0.2, -0.15) is 0 Å². The molecule has 0 fully saturated rings. The molecule has 0 bridgehead atoms. The minimum atomic E-state index is -0.949. The van der Waals surface area contributed by atoms with Crippen LogP contribution in [0.2, 0.25) is 0 Å². The van der Waals surface area contributed by atoms with Gasteiger partial charge < -0.3 is 20.5 Å². The topological polar surface area (TPSA) is 87.7 Å². The van der Waals surface area contributed by atoms with Crippen LogP contribution in [0.4, 0.5) is 4.79 Å². The van der Waals surface area contributed by atoms with E-state index in [0.717, 1.165) is 12.8 Å². The van der Waals surface area contributed by atoms with E-state index in [2.05, 4.69) is 17.6 Å². The third kappa shape index (κ3) is 7.89. The maximum atomic E-state index is 11.6. The van der Waals surface area contributed by atoms with Crippen LogP contribution in [0, 0.1) is 0 Å². The first-order valence-electron chi connectivity index (χ1n) is 6.11. The molecule has 0 aromatic heterocycles. The second-order valence-corrected chi connectivity index (χ2v) is 4.92. The monoisotopic (exact) mass is 260 g/mol. The van der Waals surface area contributed by atoms with Gasteiger partial charge in [-0.1, -0.05) is 13.3 Å². The molecular weight excluding hydrogens is 236 g/mol. The van der Waals surface area contributed by atoms with E-state index in [0.29, 0.717) is 0 Å². The molecule has 1 unspecified atom stereocenters. The average Bonchev–Trinajstić information content (AvgIpc) is 2.22. The van der Waals surface area contributed by atoms with Crippen molar-refractivity contribution in [2.45, 2.75) is 51.7 Å². The zero-order valence-corrected chi connectivity index (χ0v) is 11.6. The number of amides is 2. The molecule has 0 aliphatic rings. The minimum Gasteiger partial charge on any atom is -0.481 e. The predicted octanol–water partition coefficient (Wildman–Crippen LogP) is 1.35. The fourth-order valence-corrected chi connectivity index (χ4v) is 1.68. The van der Waals surface area contributed by atoms with Crippen molar-refractivity contribution in [1.82, 2.24) is 10.6 Å². The zero-order valence-electron chi connectivity index (χ0n) is 11.6. The van der Waals surface area contributed by atoms with E-state index in [4.69, 9.17) is 9.84 Å². The average molecular weight is 260 g/mol. The van der Waals surface area contributed by atoms with Gasteiger partial charge >= 0.3 is 12.0 Å². The lowest BCUT2D eigenvalue weighted by Crippen LogP contribution is -2.49. The van der Waals surface area contributed by atoms with Crippen molar-refractivity contribution in [1.29, 1.82) is 0 Å². The van der Waals surface area contributed by atoms with Crippen molar-refractivity contribution in [2.75, 3.05) is 13.7 Å². The number of carbonyl (C=O) groups excluding carboxylic acids is 1. The summed E-state index contributed by atoms with van der Waals surface area (Å²) in [4.78, 5) is 22.1. The first-order chi connectivity index (χ1) is 8.30. The van der Waals surface area contributed by atoms with Gasteiger partial charge in [-0.25, -0.2) is 4.79 Å². The summed E-state index contributed by atoms with van der Waals surface area (Å²) in [6.07, 6.45) is 1.22. The number of rotatable bonds is 8. The van der Waals surface area contributed by atoms with E-state index in [1.807, 2.05) is 13.8 Å². The van der Waals surface area contributed by atoms with E-state index in [1.165, 1.54) is 7.11 Å². The standard InChI is InChI=1S/C12H24N2O4/c1-5-6-12(2,3)14-11(17)13-8-9(18-4)7-10(15)16/h9H,5-8H2,1-4H3,(H,15,16)(H2,13,14,17). The second kappa shape index (κ2) is 7.92. The maximum absolute atomic E-state index is 11.6. The molecule has 1 atom stereocenters. The Morgan fingerprint density at radius 2 is 2.00 bits per heavy atom. The van der Waals surface area contributed by atoms with Crippen LogP contribution in [-0.2, 0) is 9.53 Å². The molecular formula is C12H24N2O4. The van der Waals surface area contributed by atoms with Gasteiger partial charge in [0.15, 0.2) is 0 Å². The molecule has 0 heterocycles. The molecule has 6 nitrogen and oxygen atoms in total. The Kier molecular flexibility index (Phi) is 7.35. The largest absolute Gasteiger partial charge is 0.481 e. The fourth-order valence-electron chi connectivity index (χ4n) is 1.68. The summed E-state index contributed by atoms with van der Waals surface area (Å²) in [7, 11) is 1.42. The van der Waals surface area contributed by atoms with Crippen LogP contribution in [0.5, 0.6) is 0 Å². The van der Waals surface area contributed by atoms with Crippen molar-refractivity contribution < 1.29 is 19.4 Å². The summed E-state index contributed by atoms with van der Waals surface area (Å²) < 4.78 is 4.97. The Morgan fingerprint density at radius 1 is 1.39 bits per heavy atom. The Labute approximate surface area is 108 Å². The molecule has 0 spiro atoms. The minimum absolute atomic E-state index is 0.130. The summed E-state index contributed by atoms with van der Waals surface area (Å²) in [5.74, 6) is -0.949. The molecule has 18 heavy (non-hydrogen) atoms. The highest BCUT2D eigenvalue weighted by molar-refractivity contribution is 5.74. The number of nitrogens with one attached hydrogen (secondary N) is 2. The molecule has 3 N–H and O–H groups in total. The molecule has 6 heteroatoms. The van der Waals surface area contributed by atoms with Crippen molar-refractivity contribution >= 4 is 12.0 Å². The van der Waals surface area contributed by atoms with Gasteiger partial charge in [-0.05, 0) is 20.3 Å². The maximum Gasteiger partial charge on any atom is 0.315 e. The molecule has 0 radical (unpaired) electrons. The quantitative estimate of drug-likeness (QED) is 0.615. The zero-order chi connectivity index (χ0) is 14.2. The number of hydrogen-bond donors (Lipinski definition) is 3. The number of hydrogen-bond acceptors (Lipinski definition) is 3. The first kappa shape index (κ1) is 16.7. The van der Waals surface area contributed by atoms with Gasteiger partial charge in [-0.3, -0.25) is 4.79 Å². The van der Waals surface area contributed by atoms with Crippen LogP contribution in [0.3, 0.4) is 0 Å². The number of urea groups is 1. The fraction of sp³-hybridized carbons (Fsp3) is 0.833. The lowest BCUT2D eigenvalue weighted by atomic mass is 9.99. The van der Waals surface area contributed by atoms with Gasteiger partial charge in [0.25, 0.3) is 0 Å². The van der Waals surface area contributed by atoms with Gasteiger partial charge in [0.05, 0.1) is 12.5 Å². The Balaban J connectivity index is 4.05. The summed E-state index contributed by atoms with van der Waals surface area (Å²) in [5, 5.41) is 14.1. The highest BCUT2D eigenvalue weighted by Gasteiger charge is 2.20. The summed E-state index contributed by atoms with van der Waals surface area (Å²) in [6, 6.07) is -0.305. The number of methoxy groups -OCH3 is 1. The Morgan fingerprint density at radius 3 is 2.44 bits per heavy atom. The normalized spacial score (nSPS) is 12.9. The molecule has 0 aliphatic carbocycles. The van der Waals surface area contributed by atoms with Crippen LogP contribution in [0.1, 0.15) is 40.0 Å². The van der Waals surface area contributed by atoms with Gasteiger partial charge in [0.1, 0.15) is 0 Å². The van der Waals surface area contributed by atoms with Crippen molar-refractivity contribution in [2.24, 2.45) is 0 Å². The highest BCUT2D eigenvalue weighted by atomic mass is 16.5. The first-order valence-corrected chi connectivity index (χ1v) is 6.11. The van der Waals surface area contributed by atoms with E-state index < -0.39 is 12.1 Å². The summed E-state index contributed by atoms with van der Waals surface area (Å²) >= 11 is 0. The smallest absolute Gasteiger partial charge is 0.315 e. The van der Waals surface area contributed by atoms with Gasteiger partial charge in [0.2, 0.25) is 0 Å². The van der Waals surface area contributed by atoms with Crippen LogP contribution in [0.25, 0.3) is 0 Å². The van der Waals surface area contributed by atoms with Crippen LogP contribution in [-0.4, -0.2) is 42.4 Å². The van der Waals surface area contributed by atoms with Crippen molar-refractivity contribution in [3.05, 3.63) is 0 Å². The van der Waals surface area contributed by atoms with Crippen LogP contribution in [0.15, 0.2) is 0 Å². The lowest BCUT2D eigenvalue weighted by molar-refractivity contribution is -0.139. The molecule has 0 rings (SSSR count). The molecule has 0 saturated heterocycles. The van der Waals surface area contributed by atoms with E-state index in [1.54, 1.807) is 0 Å². The molecule has 0 aromatic carbocycles. The number of ether oxygens (including phenoxy) is 1. The molecule has 0 aromatic rings. The molecule has 0 saturated carbocycles. The van der Waals surface area contributed by atoms with Gasteiger partial charge in [0, 0.05) is 19.2 Å². The second-order valence-electron chi connectivity index (χ2n) is 4.92. The van der Waals surface area contributed by atoms with E-state index >= 15 is 0 Å². The van der Waals surface area contributed by atoms with Crippen molar-refractivity contribution in [3.63, 3.8) is 0 Å². The third-order valence-electron chi connectivity index (χ3n) is 2.55. The lowest BCUT2D eigenvalue weighted by Gasteiger charge is -2.26. The highest BCUT2D eigenvalue weighted by Crippen LogP contribution is 2.10. The number of aliphatic carboxylic acids is 1. The Hall–Kier alpha value is -1.30. The predicted molar refractivity (Wildman–Crippen MR) is 68.6 cm³/mol. The SMILES string of the molecule is CCCC(C)(C)NC(=O)NCC(CC(=O)O)OC. The number of carbonyl (C=O) groups is 2. The van der Waals surface area contributed by atoms with Gasteiger partial charge in [-0.15, -0.1) is 0 Å². The third-order valence-corrected chi connectivity index (χ3v) is 2.55. The summed E-state index contributed by atoms with van der Waals surface area (Å²) in [5.41, 5.74) is -0.270. The van der Waals surface area contributed by atoms with E-state index in [9.17, 15) is 9.59 Å². The molecule has 0 aliphatic heterocycles. The van der Waals surface area contributed by atoms with Crippen LogP contribution >= 0.6 is 0 Å². The van der Waals surface area contributed by atoms with E-state index in [-0.39, 0.29) is 24.5 Å². The molecule has 106 valence electrons. The van der Waals surface area contributed by atoms with Crippen LogP contribution < -0.4 is 10.6 Å². The summed E-state index contributed by atoms with van der Waals surface area (Å²) in [6.45, 7) is 6.12. The van der Waals surface area contributed by atoms with Crippen molar-refractivity contribution in [3.8, 4) is 0 Å². The molecule has 2 amide bonds. The number of carboxylic acids is 1. The number of carboxylic acid groups (broad SMARTS) is 1.